The van der Waals surface area contributed by atoms with Gasteiger partial charge in [0.05, 0.1) is 34.5 Å². The van der Waals surface area contributed by atoms with Crippen LogP contribution in [0, 0.1) is 11.3 Å². The Bertz CT molecular complexity index is 1190. The lowest BCUT2D eigenvalue weighted by Crippen LogP contribution is -2.37. The molecule has 1 aliphatic heterocycles. The van der Waals surface area contributed by atoms with E-state index in [0.717, 1.165) is 10.9 Å². The number of anilines is 2. The fourth-order valence-corrected chi connectivity index (χ4v) is 3.85. The Balaban J connectivity index is 1.75. The summed E-state index contributed by atoms with van der Waals surface area (Å²) in [7, 11) is 0. The van der Waals surface area contributed by atoms with Crippen molar-refractivity contribution in [3.8, 4) is 6.07 Å². The molecule has 2 aromatic carbocycles. The number of aromatic nitrogens is 1. The highest BCUT2D eigenvalue weighted by atomic mass is 35.5. The molecule has 1 saturated heterocycles. The van der Waals surface area contributed by atoms with Crippen molar-refractivity contribution in [1.29, 1.82) is 5.26 Å². The molecule has 1 fully saturated rings. The van der Waals surface area contributed by atoms with Gasteiger partial charge in [-0.1, -0.05) is 47.5 Å². The van der Waals surface area contributed by atoms with E-state index in [1.165, 1.54) is 0 Å². The van der Waals surface area contributed by atoms with Gasteiger partial charge in [0.1, 0.15) is 17.5 Å². The molecule has 1 aromatic heterocycles. The minimum Gasteiger partial charge on any atom is -0.378 e. The second kappa shape index (κ2) is 9.36. The molecule has 0 atom stereocenters. The van der Waals surface area contributed by atoms with Gasteiger partial charge in [0.15, 0.2) is 0 Å². The number of halogens is 2. The molecule has 0 bridgehead atoms. The van der Waals surface area contributed by atoms with Crippen LogP contribution in [0.25, 0.3) is 17.0 Å². The van der Waals surface area contributed by atoms with E-state index in [1.54, 1.807) is 24.3 Å². The van der Waals surface area contributed by atoms with Crippen LogP contribution in [0.4, 0.5) is 11.5 Å². The predicted octanol–water partition coefficient (Wildman–Crippen LogP) is 4.92. The molecule has 1 N–H and O–H groups in total. The standard InChI is InChI=1S/C23H18Cl2N4O2/c24-18-5-3-6-19(25)21(18)28-23(30)17(14-26)13-16-12-15-4-1-2-7-20(15)27-22(16)29-8-10-31-11-9-29/h1-7,12-13H,8-11H2,(H,28,30)/b17-13+. The topological polar surface area (TPSA) is 78.2 Å². The highest BCUT2D eigenvalue weighted by Gasteiger charge is 2.19. The number of fused-ring (bicyclic) bond motifs is 1. The summed E-state index contributed by atoms with van der Waals surface area (Å²) in [6.45, 7) is 2.54. The van der Waals surface area contributed by atoms with E-state index >= 15 is 0 Å². The normalized spacial score (nSPS) is 14.4. The number of benzene rings is 2. The number of nitrogens with one attached hydrogen (secondary N) is 1. The lowest BCUT2D eigenvalue weighted by molar-refractivity contribution is -0.112. The zero-order valence-electron chi connectivity index (χ0n) is 16.4. The lowest BCUT2D eigenvalue weighted by Gasteiger charge is -2.29. The molecular formula is C23H18Cl2N4O2. The van der Waals surface area contributed by atoms with E-state index in [0.29, 0.717) is 47.7 Å². The van der Waals surface area contributed by atoms with Gasteiger partial charge in [0, 0.05) is 24.0 Å². The fraction of sp³-hybridized carbons (Fsp3) is 0.174. The summed E-state index contributed by atoms with van der Waals surface area (Å²) < 4.78 is 5.45. The van der Waals surface area contributed by atoms with Crippen LogP contribution < -0.4 is 10.2 Å². The van der Waals surface area contributed by atoms with Crippen LogP contribution in [0.15, 0.2) is 54.1 Å². The van der Waals surface area contributed by atoms with Gasteiger partial charge in [-0.15, -0.1) is 0 Å². The van der Waals surface area contributed by atoms with Crippen LogP contribution in [0.5, 0.6) is 0 Å². The molecule has 1 aliphatic rings. The summed E-state index contributed by atoms with van der Waals surface area (Å²) in [5, 5.41) is 13.8. The lowest BCUT2D eigenvalue weighted by atomic mass is 10.1. The highest BCUT2D eigenvalue weighted by molar-refractivity contribution is 6.40. The van der Waals surface area contributed by atoms with Gasteiger partial charge in [-0.05, 0) is 30.3 Å². The number of carbonyl (C=O) groups is 1. The van der Waals surface area contributed by atoms with Gasteiger partial charge in [0.2, 0.25) is 0 Å². The Morgan fingerprint density at radius 2 is 1.84 bits per heavy atom. The summed E-state index contributed by atoms with van der Waals surface area (Å²) in [5.74, 6) is 0.108. The first-order valence-electron chi connectivity index (χ1n) is 9.66. The van der Waals surface area contributed by atoms with Gasteiger partial charge in [0.25, 0.3) is 5.91 Å². The molecule has 4 rings (SSSR count). The average molecular weight is 453 g/mol. The van der Waals surface area contributed by atoms with Crippen molar-refractivity contribution >= 4 is 57.6 Å². The number of nitriles is 1. The zero-order chi connectivity index (χ0) is 21.8. The van der Waals surface area contributed by atoms with Gasteiger partial charge in [-0.25, -0.2) is 4.98 Å². The summed E-state index contributed by atoms with van der Waals surface area (Å²) in [5.41, 5.74) is 1.70. The first-order chi connectivity index (χ1) is 15.1. The Morgan fingerprint density at radius 3 is 2.55 bits per heavy atom. The average Bonchev–Trinajstić information content (AvgIpc) is 2.80. The number of hydrogen-bond acceptors (Lipinski definition) is 5. The van der Waals surface area contributed by atoms with E-state index in [4.69, 9.17) is 32.9 Å². The van der Waals surface area contributed by atoms with Crippen molar-refractivity contribution in [2.45, 2.75) is 0 Å². The van der Waals surface area contributed by atoms with Gasteiger partial charge in [-0.3, -0.25) is 4.79 Å². The van der Waals surface area contributed by atoms with Crippen molar-refractivity contribution in [2.24, 2.45) is 0 Å². The molecule has 0 aliphatic carbocycles. The van der Waals surface area contributed by atoms with E-state index in [2.05, 4.69) is 10.2 Å². The molecule has 1 amide bonds. The minimum absolute atomic E-state index is 0.0809. The molecule has 0 saturated carbocycles. The maximum absolute atomic E-state index is 12.8. The van der Waals surface area contributed by atoms with Gasteiger partial charge >= 0.3 is 0 Å². The number of rotatable bonds is 4. The molecule has 156 valence electrons. The second-order valence-electron chi connectivity index (χ2n) is 6.91. The molecule has 0 radical (unpaired) electrons. The smallest absolute Gasteiger partial charge is 0.266 e. The van der Waals surface area contributed by atoms with Crippen LogP contribution >= 0.6 is 23.2 Å². The first kappa shape index (κ1) is 21.1. The van der Waals surface area contributed by atoms with Crippen LogP contribution in [-0.4, -0.2) is 37.2 Å². The SMILES string of the molecule is N#C/C(=C\c1cc2ccccc2nc1N1CCOCC1)C(=O)Nc1c(Cl)cccc1Cl. The molecule has 3 aromatic rings. The molecule has 8 heteroatoms. The van der Waals surface area contributed by atoms with Crippen molar-refractivity contribution < 1.29 is 9.53 Å². The number of pyridine rings is 1. The van der Waals surface area contributed by atoms with Gasteiger partial charge in [-0.2, -0.15) is 5.26 Å². The molecule has 31 heavy (non-hydrogen) atoms. The Labute approximate surface area is 189 Å². The predicted molar refractivity (Wildman–Crippen MR) is 123 cm³/mol. The number of nitrogens with zero attached hydrogens (tertiary/aromatic N) is 3. The van der Waals surface area contributed by atoms with E-state index in [1.807, 2.05) is 36.4 Å². The first-order valence-corrected chi connectivity index (χ1v) is 10.4. The molecule has 6 nitrogen and oxygen atoms in total. The number of amides is 1. The van der Waals surface area contributed by atoms with Crippen molar-refractivity contribution in [2.75, 3.05) is 36.5 Å². The summed E-state index contributed by atoms with van der Waals surface area (Å²) >= 11 is 12.3. The van der Waals surface area contributed by atoms with Crippen molar-refractivity contribution in [3.63, 3.8) is 0 Å². The summed E-state index contributed by atoms with van der Waals surface area (Å²) in [6, 6.07) is 16.5. The van der Waals surface area contributed by atoms with Crippen LogP contribution in [0.2, 0.25) is 10.0 Å². The quantitative estimate of drug-likeness (QED) is 0.448. The zero-order valence-corrected chi connectivity index (χ0v) is 18.0. The van der Waals surface area contributed by atoms with Crippen molar-refractivity contribution in [1.82, 2.24) is 4.98 Å². The third-order valence-corrected chi connectivity index (χ3v) is 5.54. The molecule has 0 spiro atoms. The summed E-state index contributed by atoms with van der Waals surface area (Å²) in [6.07, 6.45) is 1.55. The van der Waals surface area contributed by atoms with Crippen LogP contribution in [0.1, 0.15) is 5.56 Å². The van der Waals surface area contributed by atoms with E-state index in [-0.39, 0.29) is 11.3 Å². The van der Waals surface area contributed by atoms with Crippen LogP contribution in [0.3, 0.4) is 0 Å². The molecule has 2 heterocycles. The number of ether oxygens (including phenoxy) is 1. The van der Waals surface area contributed by atoms with Crippen LogP contribution in [-0.2, 0) is 9.53 Å². The second-order valence-corrected chi connectivity index (χ2v) is 7.73. The maximum atomic E-state index is 12.8. The largest absolute Gasteiger partial charge is 0.378 e. The highest BCUT2D eigenvalue weighted by Crippen LogP contribution is 2.31. The van der Waals surface area contributed by atoms with E-state index < -0.39 is 5.91 Å². The Kier molecular flexibility index (Phi) is 6.38. The number of morpholine rings is 1. The van der Waals surface area contributed by atoms with Crippen molar-refractivity contribution in [3.05, 3.63) is 69.7 Å². The number of carbonyl (C=O) groups excluding carboxylic acids is 1. The summed E-state index contributed by atoms with van der Waals surface area (Å²) in [4.78, 5) is 19.7. The third-order valence-electron chi connectivity index (χ3n) is 4.91. The number of hydrogen-bond donors (Lipinski definition) is 1. The fourth-order valence-electron chi connectivity index (χ4n) is 3.36. The third kappa shape index (κ3) is 4.64. The molecule has 0 unspecified atom stereocenters. The molecular weight excluding hydrogens is 435 g/mol. The van der Waals surface area contributed by atoms with E-state index in [9.17, 15) is 10.1 Å². The Hall–Kier alpha value is -3.11. The maximum Gasteiger partial charge on any atom is 0.266 e. The number of para-hydroxylation sites is 2. The minimum atomic E-state index is -0.599. The van der Waals surface area contributed by atoms with Gasteiger partial charge < -0.3 is 15.0 Å². The Morgan fingerprint density at radius 1 is 1.13 bits per heavy atom. The monoisotopic (exact) mass is 452 g/mol.